The van der Waals surface area contributed by atoms with Crippen LogP contribution in [0.15, 0.2) is 78.9 Å². The Hall–Kier alpha value is -3.16. The van der Waals surface area contributed by atoms with E-state index in [0.717, 1.165) is 84.8 Å². The molecule has 54 heavy (non-hydrogen) atoms. The molecule has 0 bridgehead atoms. The van der Waals surface area contributed by atoms with Crippen molar-refractivity contribution in [2.24, 2.45) is 5.41 Å². The molecule has 4 aromatic rings. The van der Waals surface area contributed by atoms with Crippen molar-refractivity contribution in [3.8, 4) is 0 Å². The van der Waals surface area contributed by atoms with Gasteiger partial charge in [0.15, 0.2) is 0 Å². The number of nitrogens with zero attached hydrogens (tertiary/aromatic N) is 2. The second-order valence-electron chi connectivity index (χ2n) is 16.7. The van der Waals surface area contributed by atoms with E-state index in [0.29, 0.717) is 23.5 Å². The largest absolute Gasteiger partial charge is 0.386 e. The number of hydroxylamine groups is 2. The van der Waals surface area contributed by atoms with Crippen LogP contribution < -0.4 is 0 Å². The number of rotatable bonds is 15. The molecule has 3 aliphatic rings. The van der Waals surface area contributed by atoms with Gasteiger partial charge in [-0.25, -0.2) is 4.98 Å². The maximum atomic E-state index is 13.8. The van der Waals surface area contributed by atoms with Gasteiger partial charge in [-0.3, -0.25) is 4.79 Å². The van der Waals surface area contributed by atoms with Crippen LogP contribution in [-0.2, 0) is 21.7 Å². The Kier molecular flexibility index (Phi) is 12.8. The number of hydrogen-bond acceptors (Lipinski definition) is 6. The van der Waals surface area contributed by atoms with E-state index in [1.807, 2.05) is 62.0 Å². The maximum Gasteiger partial charge on any atom is 0.325 e. The fourth-order valence-electron chi connectivity index (χ4n) is 8.61. The van der Waals surface area contributed by atoms with Gasteiger partial charge in [0.1, 0.15) is 0 Å². The number of carbonyl (C=O) groups excluding carboxylic acids is 1. The van der Waals surface area contributed by atoms with Crippen LogP contribution in [0.2, 0.25) is 5.02 Å². The van der Waals surface area contributed by atoms with Gasteiger partial charge in [0, 0.05) is 33.5 Å². The Labute approximate surface area is 331 Å². The van der Waals surface area contributed by atoms with Crippen molar-refractivity contribution < 1.29 is 14.7 Å². The Morgan fingerprint density at radius 1 is 0.926 bits per heavy atom. The van der Waals surface area contributed by atoms with Gasteiger partial charge in [-0.15, -0.1) is 5.06 Å². The highest BCUT2D eigenvalue weighted by Crippen LogP contribution is 2.54. The average molecular weight is 766 g/mol. The molecule has 0 spiro atoms. The van der Waals surface area contributed by atoms with Gasteiger partial charge >= 0.3 is 5.97 Å². The summed E-state index contributed by atoms with van der Waals surface area (Å²) in [6.07, 6.45) is 20.7. The van der Waals surface area contributed by atoms with Gasteiger partial charge in [-0.1, -0.05) is 117 Å². The number of thioether (sulfide) groups is 1. The van der Waals surface area contributed by atoms with Crippen LogP contribution in [-0.4, -0.2) is 39.0 Å². The fraction of sp³-hybridized carbons (Fsp3) is 0.489. The van der Waals surface area contributed by atoms with Crippen molar-refractivity contribution in [3.63, 3.8) is 0 Å². The van der Waals surface area contributed by atoms with Crippen molar-refractivity contribution in [1.82, 2.24) is 10.0 Å². The zero-order valence-corrected chi connectivity index (χ0v) is 33.7. The summed E-state index contributed by atoms with van der Waals surface area (Å²) in [7, 11) is 0. The summed E-state index contributed by atoms with van der Waals surface area (Å²) < 4.78 is 0. The third-order valence-corrected chi connectivity index (χ3v) is 13.8. The lowest BCUT2D eigenvalue weighted by Crippen LogP contribution is -2.46. The van der Waals surface area contributed by atoms with Crippen LogP contribution in [0.5, 0.6) is 0 Å². The van der Waals surface area contributed by atoms with E-state index in [1.54, 1.807) is 0 Å². The van der Waals surface area contributed by atoms with Gasteiger partial charge in [-0.05, 0) is 117 Å². The average Bonchev–Trinajstić information content (AvgIpc) is 3.95. The first-order chi connectivity index (χ1) is 26.1. The number of aliphatic hydroxyl groups is 1. The standard InChI is InChI=1S/C47H57ClN2O3S/c1-46(2,52)42-19-10-9-13-35(42)23-27-44(37-14-11-12-34(30-37)20-25-39-26-22-36-21-24-38(48)31-43(36)49-39)54-33-47(28-29-47)32-45(51)53-50(40-15-5-3-6-16-40)41-17-7-4-8-18-41/h9-14,19-22,24-26,30-31,40-41,44,52H,3-8,15-18,23,27-29,32-33H2,1-2H3/b25-20+/t44-/m1/s1. The van der Waals surface area contributed by atoms with Crippen molar-refractivity contribution >= 4 is 52.4 Å². The zero-order valence-electron chi connectivity index (χ0n) is 32.2. The minimum Gasteiger partial charge on any atom is -0.386 e. The smallest absolute Gasteiger partial charge is 0.325 e. The third kappa shape index (κ3) is 10.4. The number of pyridine rings is 1. The summed E-state index contributed by atoms with van der Waals surface area (Å²) in [5.74, 6) is 0.896. The molecule has 1 aromatic heterocycles. The normalized spacial score (nSPS) is 18.7. The van der Waals surface area contributed by atoms with Crippen molar-refractivity contribution in [2.75, 3.05) is 5.75 Å². The van der Waals surface area contributed by atoms with Gasteiger partial charge in [-0.2, -0.15) is 11.8 Å². The minimum atomic E-state index is -0.909. The highest BCUT2D eigenvalue weighted by molar-refractivity contribution is 7.99. The summed E-state index contributed by atoms with van der Waals surface area (Å²) in [4.78, 5) is 25.0. The molecule has 0 amide bonds. The predicted molar refractivity (Wildman–Crippen MR) is 225 cm³/mol. The summed E-state index contributed by atoms with van der Waals surface area (Å²) >= 11 is 8.24. The molecule has 0 aliphatic heterocycles. The first-order valence-corrected chi connectivity index (χ1v) is 21.8. The second-order valence-corrected chi connectivity index (χ2v) is 18.3. The van der Waals surface area contributed by atoms with Crippen LogP contribution in [0.3, 0.4) is 0 Å². The number of halogens is 1. The molecule has 286 valence electrons. The summed E-state index contributed by atoms with van der Waals surface area (Å²) in [5.41, 5.74) is 5.43. The first-order valence-electron chi connectivity index (χ1n) is 20.4. The van der Waals surface area contributed by atoms with Crippen molar-refractivity contribution in [2.45, 2.75) is 133 Å². The van der Waals surface area contributed by atoms with Gasteiger partial charge in [0.25, 0.3) is 0 Å². The van der Waals surface area contributed by atoms with Crippen LogP contribution >= 0.6 is 23.4 Å². The number of aromatic nitrogens is 1. The van der Waals surface area contributed by atoms with Gasteiger partial charge in [0.2, 0.25) is 0 Å². The Morgan fingerprint density at radius 3 is 2.33 bits per heavy atom. The summed E-state index contributed by atoms with van der Waals surface area (Å²) in [5, 5.41) is 15.1. The summed E-state index contributed by atoms with van der Waals surface area (Å²) in [6, 6.07) is 27.8. The van der Waals surface area contributed by atoms with E-state index >= 15 is 0 Å². The molecule has 3 aromatic carbocycles. The molecule has 3 saturated carbocycles. The molecule has 5 nitrogen and oxygen atoms in total. The molecule has 1 N–H and O–H groups in total. The van der Waals surface area contributed by atoms with Gasteiger partial charge < -0.3 is 9.94 Å². The van der Waals surface area contributed by atoms with Crippen LogP contribution in [0.4, 0.5) is 0 Å². The quantitative estimate of drug-likeness (QED) is 0.122. The highest BCUT2D eigenvalue weighted by atomic mass is 35.5. The summed E-state index contributed by atoms with van der Waals surface area (Å²) in [6.45, 7) is 3.74. The molecule has 0 saturated heterocycles. The van der Waals surface area contributed by atoms with Crippen LogP contribution in [0, 0.1) is 5.41 Å². The Morgan fingerprint density at radius 2 is 1.63 bits per heavy atom. The molecule has 3 aliphatic carbocycles. The van der Waals surface area contributed by atoms with E-state index in [2.05, 4.69) is 59.7 Å². The lowest BCUT2D eigenvalue weighted by Gasteiger charge is -2.39. The van der Waals surface area contributed by atoms with Crippen LogP contribution in [0.1, 0.15) is 137 Å². The number of carbonyl (C=O) groups is 1. The number of benzene rings is 3. The molecule has 0 radical (unpaired) electrons. The van der Waals surface area contributed by atoms with E-state index in [-0.39, 0.29) is 16.6 Å². The predicted octanol–water partition coefficient (Wildman–Crippen LogP) is 12.3. The molecule has 1 heterocycles. The lowest BCUT2D eigenvalue weighted by molar-refractivity contribution is -0.224. The third-order valence-electron chi connectivity index (χ3n) is 11.9. The molecule has 7 rings (SSSR count). The number of aryl methyl sites for hydroxylation is 1. The maximum absolute atomic E-state index is 13.8. The lowest BCUT2D eigenvalue weighted by atomic mass is 9.90. The molecular formula is C47H57ClN2O3S. The fourth-order valence-corrected chi connectivity index (χ4v) is 10.3. The van der Waals surface area contributed by atoms with Crippen molar-refractivity contribution in [3.05, 3.63) is 112 Å². The minimum absolute atomic E-state index is 0.00203. The monoisotopic (exact) mass is 764 g/mol. The topological polar surface area (TPSA) is 62.7 Å². The van der Waals surface area contributed by atoms with Gasteiger partial charge in [0.05, 0.1) is 23.2 Å². The molecule has 7 heteroatoms. The first kappa shape index (κ1) is 39.1. The SMILES string of the molecule is CC(C)(O)c1ccccc1CC[C@@H](SCC1(CC(=O)ON(C2CCCCC2)C2CCCCC2)CC1)c1cccc(/C=C/c2ccc3ccc(Cl)cc3n2)c1. The zero-order chi connectivity index (χ0) is 37.5. The molecule has 1 atom stereocenters. The molecular weight excluding hydrogens is 708 g/mol. The number of fused-ring (bicyclic) bond motifs is 1. The number of hydrogen-bond donors (Lipinski definition) is 1. The van der Waals surface area contributed by atoms with E-state index in [1.165, 1.54) is 49.7 Å². The van der Waals surface area contributed by atoms with Crippen LogP contribution in [0.25, 0.3) is 23.1 Å². The second kappa shape index (κ2) is 17.7. The van der Waals surface area contributed by atoms with E-state index in [9.17, 15) is 9.90 Å². The van der Waals surface area contributed by atoms with Crippen molar-refractivity contribution in [1.29, 1.82) is 0 Å². The molecule has 3 fully saturated rings. The Bertz CT molecular complexity index is 1890. The van der Waals surface area contributed by atoms with E-state index < -0.39 is 5.60 Å². The molecule has 0 unspecified atom stereocenters. The Balaban J connectivity index is 1.06. The highest BCUT2D eigenvalue weighted by Gasteiger charge is 2.46. The van der Waals surface area contributed by atoms with E-state index in [4.69, 9.17) is 21.4 Å².